The minimum absolute atomic E-state index is 0.429. The second-order valence-corrected chi connectivity index (χ2v) is 5.22. The lowest BCUT2D eigenvalue weighted by atomic mass is 9.99. The van der Waals surface area contributed by atoms with Crippen LogP contribution in [0.4, 0.5) is 5.82 Å². The molecule has 0 spiro atoms. The van der Waals surface area contributed by atoms with Gasteiger partial charge in [0, 0.05) is 37.5 Å². The van der Waals surface area contributed by atoms with E-state index in [1.807, 2.05) is 6.07 Å². The maximum absolute atomic E-state index is 5.67. The normalized spacial score (nSPS) is 18.0. The van der Waals surface area contributed by atoms with Crippen molar-refractivity contribution < 1.29 is 9.47 Å². The van der Waals surface area contributed by atoms with Crippen molar-refractivity contribution in [2.45, 2.75) is 12.8 Å². The van der Waals surface area contributed by atoms with Gasteiger partial charge in [-0.25, -0.2) is 19.9 Å². The Morgan fingerprint density at radius 1 is 1.23 bits per heavy atom. The molecule has 1 saturated heterocycles. The summed E-state index contributed by atoms with van der Waals surface area (Å²) in [5, 5.41) is 0. The lowest BCUT2D eigenvalue weighted by Crippen LogP contribution is -2.38. The molecule has 1 fully saturated rings. The molecule has 7 nitrogen and oxygen atoms in total. The molecule has 22 heavy (non-hydrogen) atoms. The van der Waals surface area contributed by atoms with Gasteiger partial charge in [-0.2, -0.15) is 0 Å². The highest BCUT2D eigenvalue weighted by Gasteiger charge is 2.22. The SMILES string of the molecule is COc1cc(N2CCCC(COc3ncccn3)C2)ncn1. The van der Waals surface area contributed by atoms with Crippen molar-refractivity contribution in [3.8, 4) is 11.9 Å². The van der Waals surface area contributed by atoms with Gasteiger partial charge in [0.1, 0.15) is 12.1 Å². The van der Waals surface area contributed by atoms with E-state index in [9.17, 15) is 0 Å². The lowest BCUT2D eigenvalue weighted by Gasteiger charge is -2.33. The summed E-state index contributed by atoms with van der Waals surface area (Å²) in [6.45, 7) is 2.49. The molecule has 1 unspecified atom stereocenters. The van der Waals surface area contributed by atoms with E-state index in [1.165, 1.54) is 6.33 Å². The number of nitrogens with zero attached hydrogens (tertiary/aromatic N) is 5. The standard InChI is InChI=1S/C15H19N5O2/c1-21-14-8-13(18-11-19-14)20-7-2-4-12(9-20)10-22-15-16-5-3-6-17-15/h3,5-6,8,11-12H,2,4,7,9-10H2,1H3. The number of hydrogen-bond donors (Lipinski definition) is 0. The molecule has 3 heterocycles. The van der Waals surface area contributed by atoms with Gasteiger partial charge in [-0.1, -0.05) is 0 Å². The fourth-order valence-electron chi connectivity index (χ4n) is 2.58. The Balaban J connectivity index is 1.59. The fourth-order valence-corrected chi connectivity index (χ4v) is 2.58. The smallest absolute Gasteiger partial charge is 0.316 e. The molecule has 1 aliphatic heterocycles. The topological polar surface area (TPSA) is 73.3 Å². The number of piperidine rings is 1. The van der Waals surface area contributed by atoms with Gasteiger partial charge in [-0.05, 0) is 18.9 Å². The van der Waals surface area contributed by atoms with Crippen LogP contribution in [0.1, 0.15) is 12.8 Å². The number of anilines is 1. The van der Waals surface area contributed by atoms with Crippen molar-refractivity contribution in [2.75, 3.05) is 31.7 Å². The van der Waals surface area contributed by atoms with Gasteiger partial charge < -0.3 is 14.4 Å². The van der Waals surface area contributed by atoms with Crippen LogP contribution in [-0.2, 0) is 0 Å². The zero-order chi connectivity index (χ0) is 15.2. The van der Waals surface area contributed by atoms with E-state index in [0.717, 1.165) is 31.7 Å². The maximum Gasteiger partial charge on any atom is 0.316 e. The van der Waals surface area contributed by atoms with E-state index in [-0.39, 0.29) is 0 Å². The summed E-state index contributed by atoms with van der Waals surface area (Å²) < 4.78 is 10.8. The third kappa shape index (κ3) is 3.60. The molecular formula is C15H19N5O2. The Morgan fingerprint density at radius 3 is 2.91 bits per heavy atom. The van der Waals surface area contributed by atoms with Crippen LogP contribution >= 0.6 is 0 Å². The third-order valence-electron chi connectivity index (χ3n) is 3.67. The molecule has 2 aromatic heterocycles. The van der Waals surface area contributed by atoms with Crippen molar-refractivity contribution in [2.24, 2.45) is 5.92 Å². The first kappa shape index (κ1) is 14.5. The Labute approximate surface area is 129 Å². The lowest BCUT2D eigenvalue weighted by molar-refractivity contribution is 0.214. The fraction of sp³-hybridized carbons (Fsp3) is 0.467. The summed E-state index contributed by atoms with van der Waals surface area (Å²) in [6, 6.07) is 4.07. The Kier molecular flexibility index (Phi) is 4.62. The highest BCUT2D eigenvalue weighted by Crippen LogP contribution is 2.23. The maximum atomic E-state index is 5.67. The molecule has 0 aliphatic carbocycles. The highest BCUT2D eigenvalue weighted by molar-refractivity contribution is 5.41. The number of rotatable bonds is 5. The van der Waals surface area contributed by atoms with Crippen LogP contribution in [0, 0.1) is 5.92 Å². The number of methoxy groups -OCH3 is 1. The summed E-state index contributed by atoms with van der Waals surface area (Å²) in [6.07, 6.45) is 7.14. The molecule has 0 radical (unpaired) electrons. The average Bonchev–Trinajstić information content (AvgIpc) is 2.61. The molecule has 116 valence electrons. The predicted octanol–water partition coefficient (Wildman–Crippen LogP) is 1.57. The molecule has 1 atom stereocenters. The Bertz CT molecular complexity index is 595. The Morgan fingerprint density at radius 2 is 2.09 bits per heavy atom. The van der Waals surface area contributed by atoms with Gasteiger partial charge in [0.05, 0.1) is 13.7 Å². The van der Waals surface area contributed by atoms with Gasteiger partial charge in [0.15, 0.2) is 0 Å². The second kappa shape index (κ2) is 7.02. The van der Waals surface area contributed by atoms with Crippen LogP contribution < -0.4 is 14.4 Å². The van der Waals surface area contributed by atoms with Crippen molar-refractivity contribution in [3.63, 3.8) is 0 Å². The molecule has 7 heteroatoms. The van der Waals surface area contributed by atoms with Crippen LogP contribution in [0.5, 0.6) is 11.9 Å². The molecular weight excluding hydrogens is 282 g/mol. The molecule has 1 aliphatic rings. The first-order valence-electron chi connectivity index (χ1n) is 7.36. The van der Waals surface area contributed by atoms with E-state index in [2.05, 4.69) is 24.8 Å². The minimum atomic E-state index is 0.429. The molecule has 0 N–H and O–H groups in total. The average molecular weight is 301 g/mol. The Hall–Kier alpha value is -2.44. The van der Waals surface area contributed by atoms with Crippen LogP contribution in [0.2, 0.25) is 0 Å². The summed E-state index contributed by atoms with van der Waals surface area (Å²) in [7, 11) is 1.61. The molecule has 2 aromatic rings. The van der Waals surface area contributed by atoms with Crippen molar-refractivity contribution in [1.29, 1.82) is 0 Å². The van der Waals surface area contributed by atoms with E-state index in [4.69, 9.17) is 9.47 Å². The molecule has 0 bridgehead atoms. The van der Waals surface area contributed by atoms with E-state index in [0.29, 0.717) is 24.4 Å². The van der Waals surface area contributed by atoms with Crippen LogP contribution in [-0.4, -0.2) is 46.7 Å². The van der Waals surface area contributed by atoms with Gasteiger partial charge in [0.2, 0.25) is 5.88 Å². The zero-order valence-corrected chi connectivity index (χ0v) is 12.6. The number of hydrogen-bond acceptors (Lipinski definition) is 7. The summed E-state index contributed by atoms with van der Waals surface area (Å²) in [5.41, 5.74) is 0. The van der Waals surface area contributed by atoms with Crippen molar-refractivity contribution >= 4 is 5.82 Å². The molecule has 0 aromatic carbocycles. The minimum Gasteiger partial charge on any atom is -0.481 e. The monoisotopic (exact) mass is 301 g/mol. The van der Waals surface area contributed by atoms with Gasteiger partial charge in [-0.15, -0.1) is 0 Å². The van der Waals surface area contributed by atoms with E-state index < -0.39 is 0 Å². The van der Waals surface area contributed by atoms with Crippen molar-refractivity contribution in [3.05, 3.63) is 30.9 Å². The quantitative estimate of drug-likeness (QED) is 0.830. The van der Waals surface area contributed by atoms with Crippen LogP contribution in [0.25, 0.3) is 0 Å². The largest absolute Gasteiger partial charge is 0.481 e. The first-order valence-corrected chi connectivity index (χ1v) is 7.36. The summed E-state index contributed by atoms with van der Waals surface area (Å²) in [5.74, 6) is 1.91. The predicted molar refractivity (Wildman–Crippen MR) is 81.0 cm³/mol. The van der Waals surface area contributed by atoms with Crippen LogP contribution in [0.3, 0.4) is 0 Å². The number of aromatic nitrogens is 4. The first-order chi connectivity index (χ1) is 10.8. The molecule has 0 saturated carbocycles. The van der Waals surface area contributed by atoms with Crippen molar-refractivity contribution in [1.82, 2.24) is 19.9 Å². The third-order valence-corrected chi connectivity index (χ3v) is 3.67. The molecule has 0 amide bonds. The van der Waals surface area contributed by atoms with Crippen LogP contribution in [0.15, 0.2) is 30.9 Å². The summed E-state index contributed by atoms with van der Waals surface area (Å²) in [4.78, 5) is 18.8. The summed E-state index contributed by atoms with van der Waals surface area (Å²) >= 11 is 0. The van der Waals surface area contributed by atoms with Gasteiger partial charge in [0.25, 0.3) is 0 Å². The van der Waals surface area contributed by atoms with Gasteiger partial charge >= 0.3 is 6.01 Å². The zero-order valence-electron chi connectivity index (χ0n) is 12.6. The highest BCUT2D eigenvalue weighted by atomic mass is 16.5. The van der Waals surface area contributed by atoms with E-state index >= 15 is 0 Å². The van der Waals surface area contributed by atoms with E-state index in [1.54, 1.807) is 25.6 Å². The van der Waals surface area contributed by atoms with Gasteiger partial charge in [-0.3, -0.25) is 0 Å². The number of ether oxygens (including phenoxy) is 2. The second-order valence-electron chi connectivity index (χ2n) is 5.22. The molecule has 3 rings (SSSR count).